The second-order valence-corrected chi connectivity index (χ2v) is 4.78. The Morgan fingerprint density at radius 3 is 2.41 bits per heavy atom. The summed E-state index contributed by atoms with van der Waals surface area (Å²) in [4.78, 5) is 12.0. The van der Waals surface area contributed by atoms with Crippen LogP contribution in [0.15, 0.2) is 72.3 Å². The molecule has 2 aromatic rings. The molecule has 0 aliphatic carbocycles. The number of hydrogen-bond donors (Lipinski definition) is 1. The van der Waals surface area contributed by atoms with Gasteiger partial charge in [0.05, 0.1) is 0 Å². The molecule has 0 saturated carbocycles. The van der Waals surface area contributed by atoms with E-state index in [0.29, 0.717) is 5.69 Å². The van der Waals surface area contributed by atoms with Gasteiger partial charge in [-0.15, -0.1) is 0 Å². The lowest BCUT2D eigenvalue weighted by Gasteiger charge is -2.03. The SMILES string of the molecule is Cc1ccc(NC(=O)/C(C#N)=C/C=C/c2ccccc2)cc1. The minimum absolute atomic E-state index is 0.0627. The Labute approximate surface area is 130 Å². The lowest BCUT2D eigenvalue weighted by molar-refractivity contribution is -0.112. The fourth-order valence-corrected chi connectivity index (χ4v) is 1.82. The summed E-state index contributed by atoms with van der Waals surface area (Å²) in [6.07, 6.45) is 5.05. The van der Waals surface area contributed by atoms with E-state index in [9.17, 15) is 4.79 Å². The molecular weight excluding hydrogens is 272 g/mol. The van der Waals surface area contributed by atoms with Crippen molar-refractivity contribution in [3.05, 3.63) is 83.4 Å². The number of aryl methyl sites for hydroxylation is 1. The van der Waals surface area contributed by atoms with Crippen LogP contribution in [0.4, 0.5) is 5.69 Å². The van der Waals surface area contributed by atoms with Gasteiger partial charge in [-0.2, -0.15) is 5.26 Å². The molecule has 0 unspecified atom stereocenters. The number of benzene rings is 2. The molecule has 1 N–H and O–H groups in total. The van der Waals surface area contributed by atoms with Crippen molar-refractivity contribution in [1.29, 1.82) is 5.26 Å². The highest BCUT2D eigenvalue weighted by molar-refractivity contribution is 6.06. The van der Waals surface area contributed by atoms with Crippen LogP contribution >= 0.6 is 0 Å². The van der Waals surface area contributed by atoms with Gasteiger partial charge in [0.15, 0.2) is 0 Å². The normalized spacial score (nSPS) is 11.2. The number of anilines is 1. The van der Waals surface area contributed by atoms with Gasteiger partial charge in [0.25, 0.3) is 5.91 Å². The first-order valence-corrected chi connectivity index (χ1v) is 6.90. The summed E-state index contributed by atoms with van der Waals surface area (Å²) < 4.78 is 0. The first kappa shape index (κ1) is 15.3. The second-order valence-electron chi connectivity index (χ2n) is 4.78. The monoisotopic (exact) mass is 288 g/mol. The third-order valence-electron chi connectivity index (χ3n) is 3.03. The maximum absolute atomic E-state index is 12.0. The number of rotatable bonds is 4. The van der Waals surface area contributed by atoms with E-state index in [2.05, 4.69) is 5.32 Å². The molecular formula is C19H16N2O. The maximum atomic E-state index is 12.0. The zero-order valence-corrected chi connectivity index (χ0v) is 12.3. The van der Waals surface area contributed by atoms with Crippen LogP contribution in [0.1, 0.15) is 11.1 Å². The number of nitriles is 1. The number of allylic oxidation sites excluding steroid dienone is 2. The number of nitrogens with one attached hydrogen (secondary N) is 1. The zero-order valence-electron chi connectivity index (χ0n) is 12.3. The van der Waals surface area contributed by atoms with Crippen molar-refractivity contribution in [3.8, 4) is 6.07 Å². The van der Waals surface area contributed by atoms with Crippen molar-refractivity contribution in [2.45, 2.75) is 6.92 Å². The largest absolute Gasteiger partial charge is 0.321 e. The van der Waals surface area contributed by atoms with Crippen LogP contribution in [-0.4, -0.2) is 5.91 Å². The summed E-state index contributed by atoms with van der Waals surface area (Å²) in [5.74, 6) is -0.413. The Morgan fingerprint density at radius 2 is 1.77 bits per heavy atom. The predicted octanol–water partition coefficient (Wildman–Crippen LogP) is 4.10. The first-order valence-electron chi connectivity index (χ1n) is 6.90. The average Bonchev–Trinajstić information content (AvgIpc) is 2.54. The van der Waals surface area contributed by atoms with Gasteiger partial charge in [-0.3, -0.25) is 4.79 Å². The van der Waals surface area contributed by atoms with Crippen molar-refractivity contribution in [3.63, 3.8) is 0 Å². The molecule has 3 heteroatoms. The van der Waals surface area contributed by atoms with Gasteiger partial charge < -0.3 is 5.32 Å². The topological polar surface area (TPSA) is 52.9 Å². The van der Waals surface area contributed by atoms with E-state index in [0.717, 1.165) is 11.1 Å². The molecule has 0 atom stereocenters. The highest BCUT2D eigenvalue weighted by Crippen LogP contribution is 2.10. The summed E-state index contributed by atoms with van der Waals surface area (Å²) in [5.41, 5.74) is 2.85. The van der Waals surface area contributed by atoms with E-state index in [-0.39, 0.29) is 5.57 Å². The van der Waals surface area contributed by atoms with Gasteiger partial charge in [-0.25, -0.2) is 0 Å². The van der Waals surface area contributed by atoms with Crippen molar-refractivity contribution in [1.82, 2.24) is 0 Å². The molecule has 2 aromatic carbocycles. The quantitative estimate of drug-likeness (QED) is 0.523. The number of hydrogen-bond acceptors (Lipinski definition) is 2. The Hall–Kier alpha value is -3.12. The van der Waals surface area contributed by atoms with Crippen molar-refractivity contribution in [2.24, 2.45) is 0 Å². The molecule has 0 spiro atoms. The van der Waals surface area contributed by atoms with Gasteiger partial charge >= 0.3 is 0 Å². The van der Waals surface area contributed by atoms with Gasteiger partial charge in [-0.05, 0) is 30.7 Å². The Kier molecular flexibility index (Phi) is 5.28. The molecule has 0 aliphatic heterocycles. The van der Waals surface area contributed by atoms with E-state index < -0.39 is 5.91 Å². The van der Waals surface area contributed by atoms with Crippen LogP contribution in [0, 0.1) is 18.3 Å². The Morgan fingerprint density at radius 1 is 1.09 bits per heavy atom. The van der Waals surface area contributed by atoms with Crippen LogP contribution in [0.5, 0.6) is 0 Å². The lowest BCUT2D eigenvalue weighted by Crippen LogP contribution is -2.13. The molecule has 0 heterocycles. The number of nitrogens with zero attached hydrogens (tertiary/aromatic N) is 1. The number of amides is 1. The van der Waals surface area contributed by atoms with Crippen LogP contribution in [0.3, 0.4) is 0 Å². The zero-order chi connectivity index (χ0) is 15.8. The van der Waals surface area contributed by atoms with Crippen LogP contribution in [0.25, 0.3) is 6.08 Å². The summed E-state index contributed by atoms with van der Waals surface area (Å²) >= 11 is 0. The molecule has 0 aliphatic rings. The third kappa shape index (κ3) is 4.46. The average molecular weight is 288 g/mol. The highest BCUT2D eigenvalue weighted by atomic mass is 16.1. The van der Waals surface area contributed by atoms with E-state index in [4.69, 9.17) is 5.26 Å². The Balaban J connectivity index is 2.05. The predicted molar refractivity (Wildman–Crippen MR) is 89.0 cm³/mol. The van der Waals surface area contributed by atoms with E-state index in [1.807, 2.05) is 73.7 Å². The molecule has 0 fully saturated rings. The summed E-state index contributed by atoms with van der Waals surface area (Å²) in [6, 6.07) is 19.0. The summed E-state index contributed by atoms with van der Waals surface area (Å²) in [5, 5.41) is 11.8. The molecule has 22 heavy (non-hydrogen) atoms. The molecule has 0 aromatic heterocycles. The van der Waals surface area contributed by atoms with Crippen molar-refractivity contribution in [2.75, 3.05) is 5.32 Å². The van der Waals surface area contributed by atoms with Gasteiger partial charge in [0.2, 0.25) is 0 Å². The molecule has 3 nitrogen and oxygen atoms in total. The minimum atomic E-state index is -0.413. The summed E-state index contributed by atoms with van der Waals surface area (Å²) in [7, 11) is 0. The fourth-order valence-electron chi connectivity index (χ4n) is 1.82. The fraction of sp³-hybridized carbons (Fsp3) is 0.0526. The van der Waals surface area contributed by atoms with Gasteiger partial charge in [0, 0.05) is 5.69 Å². The van der Waals surface area contributed by atoms with Crippen molar-refractivity contribution < 1.29 is 4.79 Å². The molecule has 0 bridgehead atoms. The van der Waals surface area contributed by atoms with Gasteiger partial charge in [0.1, 0.15) is 11.6 Å². The summed E-state index contributed by atoms with van der Waals surface area (Å²) in [6.45, 7) is 1.97. The lowest BCUT2D eigenvalue weighted by atomic mass is 10.2. The van der Waals surface area contributed by atoms with E-state index in [1.54, 1.807) is 6.08 Å². The first-order chi connectivity index (χ1) is 10.7. The van der Waals surface area contributed by atoms with Crippen LogP contribution < -0.4 is 5.32 Å². The Bertz CT molecular complexity index is 735. The van der Waals surface area contributed by atoms with E-state index >= 15 is 0 Å². The number of carbonyl (C=O) groups excluding carboxylic acids is 1. The van der Waals surface area contributed by atoms with E-state index in [1.165, 1.54) is 6.08 Å². The standard InChI is InChI=1S/C19H16N2O/c1-15-10-12-18(13-11-15)21-19(22)17(14-20)9-5-8-16-6-3-2-4-7-16/h2-13H,1H3,(H,21,22)/b8-5+,17-9+. The highest BCUT2D eigenvalue weighted by Gasteiger charge is 2.07. The smallest absolute Gasteiger partial charge is 0.266 e. The van der Waals surface area contributed by atoms with Crippen LogP contribution in [0.2, 0.25) is 0 Å². The molecule has 2 rings (SSSR count). The minimum Gasteiger partial charge on any atom is -0.321 e. The molecule has 1 amide bonds. The molecule has 0 radical (unpaired) electrons. The third-order valence-corrected chi connectivity index (χ3v) is 3.03. The van der Waals surface area contributed by atoms with Crippen LogP contribution in [-0.2, 0) is 4.79 Å². The van der Waals surface area contributed by atoms with Crippen molar-refractivity contribution >= 4 is 17.7 Å². The second kappa shape index (κ2) is 7.61. The number of carbonyl (C=O) groups is 1. The van der Waals surface area contributed by atoms with Gasteiger partial charge in [-0.1, -0.05) is 60.2 Å². The molecule has 108 valence electrons. The molecule has 0 saturated heterocycles. The maximum Gasteiger partial charge on any atom is 0.266 e.